The van der Waals surface area contributed by atoms with Gasteiger partial charge in [-0.3, -0.25) is 4.90 Å². The van der Waals surface area contributed by atoms with Crippen LogP contribution in [0.1, 0.15) is 11.3 Å². The van der Waals surface area contributed by atoms with Crippen molar-refractivity contribution < 1.29 is 4.74 Å². The second-order valence-electron chi connectivity index (χ2n) is 6.35. The molecule has 0 spiro atoms. The van der Waals surface area contributed by atoms with E-state index in [4.69, 9.17) is 11.2 Å². The summed E-state index contributed by atoms with van der Waals surface area (Å²) in [4.78, 5) is 24.9. The van der Waals surface area contributed by atoms with Crippen LogP contribution in [0.15, 0.2) is 53.2 Å². The number of anilines is 2. The summed E-state index contributed by atoms with van der Waals surface area (Å²) < 4.78 is 7.38. The smallest absolute Gasteiger partial charge is 0.168 e. The average molecular weight is 401 g/mol. The Balaban J connectivity index is 1.54. The van der Waals surface area contributed by atoms with Crippen LogP contribution in [0.5, 0.6) is 0 Å². The molecule has 1 aliphatic rings. The summed E-state index contributed by atoms with van der Waals surface area (Å²) in [6, 6.07) is 6.32. The van der Waals surface area contributed by atoms with Crippen LogP contribution in [0, 0.1) is 12.3 Å². The molecule has 0 N–H and O–H groups in total. The van der Waals surface area contributed by atoms with Crippen LogP contribution < -0.4 is 4.90 Å². The van der Waals surface area contributed by atoms with Gasteiger partial charge in [0.1, 0.15) is 29.3 Å². The molecule has 4 heterocycles. The molecule has 0 unspecified atom stereocenters. The fraction of sp³-hybridized carbons (Fsp3) is 0.150. The number of benzene rings is 1. The van der Waals surface area contributed by atoms with E-state index in [1.807, 2.05) is 9.47 Å². The lowest BCUT2D eigenvalue weighted by atomic mass is 10.2. The van der Waals surface area contributed by atoms with Crippen molar-refractivity contribution in [1.29, 1.82) is 0 Å². The van der Waals surface area contributed by atoms with Gasteiger partial charge < -0.3 is 9.30 Å². The van der Waals surface area contributed by atoms with Gasteiger partial charge in [0.25, 0.3) is 0 Å². The highest BCUT2D eigenvalue weighted by atomic mass is 32.2. The second-order valence-corrected chi connectivity index (χ2v) is 7.38. The van der Waals surface area contributed by atoms with Crippen LogP contribution in [0.2, 0.25) is 0 Å². The zero-order valence-corrected chi connectivity index (χ0v) is 16.3. The molecule has 8 nitrogen and oxygen atoms in total. The molecule has 3 aromatic heterocycles. The SMILES string of the molecule is C#Cc1ncnc2c1ncn2Cc1ccc2c(c1)N(COC)c1nccnc1S2. The Hall–Kier alpha value is -3.48. The van der Waals surface area contributed by atoms with E-state index < -0.39 is 0 Å². The Morgan fingerprint density at radius 3 is 2.90 bits per heavy atom. The molecule has 0 fully saturated rings. The molecule has 0 radical (unpaired) electrons. The van der Waals surface area contributed by atoms with Crippen LogP contribution in [0.4, 0.5) is 11.5 Å². The van der Waals surface area contributed by atoms with E-state index >= 15 is 0 Å². The van der Waals surface area contributed by atoms with E-state index in [-0.39, 0.29) is 0 Å². The van der Waals surface area contributed by atoms with Crippen molar-refractivity contribution in [2.45, 2.75) is 16.5 Å². The molecule has 0 amide bonds. The predicted octanol–water partition coefficient (Wildman–Crippen LogP) is 2.85. The largest absolute Gasteiger partial charge is 0.364 e. The Kier molecular flexibility index (Phi) is 4.35. The maximum absolute atomic E-state index is 5.52. The summed E-state index contributed by atoms with van der Waals surface area (Å²) in [7, 11) is 1.67. The lowest BCUT2D eigenvalue weighted by molar-refractivity contribution is 0.204. The zero-order valence-electron chi connectivity index (χ0n) is 15.5. The van der Waals surface area contributed by atoms with Crippen molar-refractivity contribution in [1.82, 2.24) is 29.5 Å². The van der Waals surface area contributed by atoms with E-state index in [0.29, 0.717) is 30.1 Å². The van der Waals surface area contributed by atoms with E-state index in [9.17, 15) is 0 Å². The molecule has 0 saturated heterocycles. The monoisotopic (exact) mass is 401 g/mol. The molecule has 142 valence electrons. The van der Waals surface area contributed by atoms with E-state index in [1.165, 1.54) is 6.33 Å². The number of nitrogens with zero attached hydrogens (tertiary/aromatic N) is 7. The number of aromatic nitrogens is 6. The zero-order chi connectivity index (χ0) is 19.8. The Morgan fingerprint density at radius 2 is 2.03 bits per heavy atom. The Morgan fingerprint density at radius 1 is 1.14 bits per heavy atom. The maximum atomic E-state index is 5.52. The van der Waals surface area contributed by atoms with Crippen LogP contribution in [-0.2, 0) is 11.3 Å². The first-order valence-electron chi connectivity index (χ1n) is 8.79. The van der Waals surface area contributed by atoms with Gasteiger partial charge in [-0.2, -0.15) is 0 Å². The molecular weight excluding hydrogens is 386 g/mol. The van der Waals surface area contributed by atoms with Crippen molar-refractivity contribution in [3.05, 3.63) is 54.5 Å². The lowest BCUT2D eigenvalue weighted by Gasteiger charge is -2.30. The maximum Gasteiger partial charge on any atom is 0.168 e. The summed E-state index contributed by atoms with van der Waals surface area (Å²) in [6.07, 6.45) is 12.1. The number of terminal acetylenes is 1. The molecular formula is C20H15N7OS. The van der Waals surface area contributed by atoms with Crippen molar-refractivity contribution in [3.8, 4) is 12.3 Å². The van der Waals surface area contributed by atoms with E-state index in [0.717, 1.165) is 27.0 Å². The van der Waals surface area contributed by atoms with Gasteiger partial charge in [0, 0.05) is 24.4 Å². The fourth-order valence-electron chi connectivity index (χ4n) is 3.31. The topological polar surface area (TPSA) is 81.9 Å². The molecule has 9 heteroatoms. The van der Waals surface area contributed by atoms with Crippen LogP contribution in [-0.4, -0.2) is 43.3 Å². The van der Waals surface area contributed by atoms with Gasteiger partial charge in [-0.15, -0.1) is 6.42 Å². The summed E-state index contributed by atoms with van der Waals surface area (Å²) in [5, 5.41) is 0.865. The van der Waals surface area contributed by atoms with E-state index in [2.05, 4.69) is 49.0 Å². The third-order valence-corrected chi connectivity index (χ3v) is 5.62. The molecule has 1 aromatic carbocycles. The summed E-state index contributed by atoms with van der Waals surface area (Å²) in [5.41, 5.74) is 3.97. The minimum Gasteiger partial charge on any atom is -0.364 e. The van der Waals surface area contributed by atoms with Gasteiger partial charge in [0.05, 0.1) is 18.6 Å². The number of fused-ring (bicyclic) bond motifs is 3. The van der Waals surface area contributed by atoms with Crippen molar-refractivity contribution in [2.75, 3.05) is 18.7 Å². The molecule has 0 saturated carbocycles. The molecule has 5 rings (SSSR count). The summed E-state index contributed by atoms with van der Waals surface area (Å²) in [5.74, 6) is 3.35. The van der Waals surface area contributed by atoms with Gasteiger partial charge in [0.2, 0.25) is 0 Å². The van der Waals surface area contributed by atoms with Gasteiger partial charge >= 0.3 is 0 Å². The second kappa shape index (κ2) is 7.16. The normalized spacial score (nSPS) is 12.5. The van der Waals surface area contributed by atoms with Crippen molar-refractivity contribution >= 4 is 34.4 Å². The lowest BCUT2D eigenvalue weighted by Crippen LogP contribution is -2.24. The van der Waals surface area contributed by atoms with Gasteiger partial charge in [-0.05, 0) is 23.6 Å². The van der Waals surface area contributed by atoms with Crippen molar-refractivity contribution in [2.24, 2.45) is 0 Å². The highest BCUT2D eigenvalue weighted by Crippen LogP contribution is 2.46. The number of hydrogen-bond acceptors (Lipinski definition) is 8. The standard InChI is InChI=1S/C20H15N7OS/c1-3-14-17-18(24-10-23-14)26(11-25-17)9-13-4-5-16-15(8-13)27(12-28-2)19-20(29-16)22-7-6-21-19/h1,4-8,10-11H,9,12H2,2H3. The first-order chi connectivity index (χ1) is 14.3. The number of methoxy groups -OCH3 is 1. The van der Waals surface area contributed by atoms with Crippen LogP contribution in [0.25, 0.3) is 11.2 Å². The van der Waals surface area contributed by atoms with Gasteiger partial charge in [-0.25, -0.2) is 24.9 Å². The quantitative estimate of drug-likeness (QED) is 0.483. The summed E-state index contributed by atoms with van der Waals surface area (Å²) >= 11 is 1.60. The molecule has 0 bridgehead atoms. The fourth-order valence-corrected chi connectivity index (χ4v) is 4.30. The van der Waals surface area contributed by atoms with Crippen molar-refractivity contribution in [3.63, 3.8) is 0 Å². The highest BCUT2D eigenvalue weighted by molar-refractivity contribution is 7.99. The molecule has 1 aliphatic heterocycles. The van der Waals surface area contributed by atoms with E-state index in [1.54, 1.807) is 37.6 Å². The van der Waals surface area contributed by atoms with Crippen LogP contribution in [0.3, 0.4) is 0 Å². The number of rotatable bonds is 4. The predicted molar refractivity (Wildman–Crippen MR) is 109 cm³/mol. The number of ether oxygens (including phenoxy) is 1. The third-order valence-electron chi connectivity index (χ3n) is 4.57. The minimum atomic E-state index is 0.384. The minimum absolute atomic E-state index is 0.384. The molecule has 0 aliphatic carbocycles. The van der Waals surface area contributed by atoms with Gasteiger partial charge in [-0.1, -0.05) is 17.8 Å². The first kappa shape index (κ1) is 17.6. The number of hydrogen-bond donors (Lipinski definition) is 0. The Bertz CT molecular complexity index is 1260. The van der Waals surface area contributed by atoms with Crippen LogP contribution >= 0.6 is 11.8 Å². The average Bonchev–Trinajstić information content (AvgIpc) is 3.17. The molecule has 4 aromatic rings. The molecule has 0 atom stereocenters. The number of imidazole rings is 1. The Labute approximate surface area is 171 Å². The van der Waals surface area contributed by atoms with Gasteiger partial charge in [0.15, 0.2) is 11.5 Å². The summed E-state index contributed by atoms with van der Waals surface area (Å²) in [6.45, 7) is 0.985. The first-order valence-corrected chi connectivity index (χ1v) is 9.61. The highest BCUT2D eigenvalue weighted by Gasteiger charge is 2.25. The third kappa shape index (κ3) is 2.99. The molecule has 29 heavy (non-hydrogen) atoms.